The lowest BCUT2D eigenvalue weighted by atomic mass is 10.3. The van der Waals surface area contributed by atoms with E-state index < -0.39 is 0 Å². The Balaban J connectivity index is 2.19. The number of nitrogens with one attached hydrogen (secondary N) is 1. The Morgan fingerprint density at radius 1 is 1.41 bits per heavy atom. The number of nitrogens with two attached hydrogens (primary N) is 1. The van der Waals surface area contributed by atoms with Crippen molar-refractivity contribution in [2.75, 3.05) is 11.1 Å². The number of halogens is 2. The van der Waals surface area contributed by atoms with Gasteiger partial charge in [-0.1, -0.05) is 0 Å². The van der Waals surface area contributed by atoms with Crippen molar-refractivity contribution in [2.45, 2.75) is 0 Å². The predicted molar refractivity (Wildman–Crippen MR) is 83.5 cm³/mol. The molecule has 0 saturated heterocycles. The van der Waals surface area contributed by atoms with Gasteiger partial charge in [-0.25, -0.2) is 0 Å². The van der Waals surface area contributed by atoms with E-state index >= 15 is 0 Å². The summed E-state index contributed by atoms with van der Waals surface area (Å²) in [5, 5.41) is 4.61. The first kappa shape index (κ1) is 12.8. The first-order valence-electron chi connectivity index (χ1n) is 4.67. The van der Waals surface area contributed by atoms with Gasteiger partial charge in [-0.3, -0.25) is 4.79 Å². The summed E-state index contributed by atoms with van der Waals surface area (Å²) in [7, 11) is 0. The molecular formula is C11H8BrIN2OS. The second-order valence-corrected chi connectivity index (χ2v) is 6.22. The van der Waals surface area contributed by atoms with Crippen molar-refractivity contribution in [3.05, 3.63) is 42.6 Å². The van der Waals surface area contributed by atoms with Crippen molar-refractivity contribution in [1.82, 2.24) is 0 Å². The van der Waals surface area contributed by atoms with E-state index in [1.165, 1.54) is 11.3 Å². The summed E-state index contributed by atoms with van der Waals surface area (Å²) in [5.74, 6) is -0.175. The van der Waals surface area contributed by atoms with Crippen LogP contribution in [0.25, 0.3) is 0 Å². The highest BCUT2D eigenvalue weighted by molar-refractivity contribution is 14.1. The van der Waals surface area contributed by atoms with Gasteiger partial charge in [-0.05, 0) is 68.2 Å². The SMILES string of the molecule is Nc1ccsc1C(=O)Nc1ccc(I)c(Br)c1. The van der Waals surface area contributed by atoms with E-state index in [9.17, 15) is 4.79 Å². The fraction of sp³-hybridized carbons (Fsp3) is 0. The zero-order valence-electron chi connectivity index (χ0n) is 8.54. The monoisotopic (exact) mass is 422 g/mol. The summed E-state index contributed by atoms with van der Waals surface area (Å²) >= 11 is 6.97. The van der Waals surface area contributed by atoms with Gasteiger partial charge in [0.05, 0.1) is 5.69 Å². The third kappa shape index (κ3) is 2.99. The molecule has 0 radical (unpaired) electrons. The largest absolute Gasteiger partial charge is 0.397 e. The number of thiophene rings is 1. The molecule has 0 aliphatic heterocycles. The molecule has 6 heteroatoms. The topological polar surface area (TPSA) is 55.1 Å². The van der Waals surface area contributed by atoms with Crippen LogP contribution in [0.15, 0.2) is 34.1 Å². The quantitative estimate of drug-likeness (QED) is 0.720. The van der Waals surface area contributed by atoms with E-state index in [4.69, 9.17) is 5.73 Å². The molecule has 2 rings (SSSR count). The highest BCUT2D eigenvalue weighted by atomic mass is 127. The molecule has 0 aliphatic rings. The van der Waals surface area contributed by atoms with Gasteiger partial charge < -0.3 is 11.1 Å². The van der Waals surface area contributed by atoms with Gasteiger partial charge in [0.2, 0.25) is 0 Å². The Morgan fingerprint density at radius 2 is 2.18 bits per heavy atom. The summed E-state index contributed by atoms with van der Waals surface area (Å²) in [6.07, 6.45) is 0. The summed E-state index contributed by atoms with van der Waals surface area (Å²) in [6, 6.07) is 7.37. The molecule has 17 heavy (non-hydrogen) atoms. The highest BCUT2D eigenvalue weighted by Crippen LogP contribution is 2.25. The van der Waals surface area contributed by atoms with Gasteiger partial charge in [0, 0.05) is 13.7 Å². The highest BCUT2D eigenvalue weighted by Gasteiger charge is 2.11. The van der Waals surface area contributed by atoms with Crippen molar-refractivity contribution in [3.63, 3.8) is 0 Å². The first-order chi connectivity index (χ1) is 8.08. The van der Waals surface area contributed by atoms with E-state index in [2.05, 4.69) is 43.8 Å². The average molecular weight is 423 g/mol. The molecule has 88 valence electrons. The number of carbonyl (C=O) groups excluding carboxylic acids is 1. The minimum Gasteiger partial charge on any atom is -0.397 e. The second kappa shape index (κ2) is 5.36. The second-order valence-electron chi connectivity index (χ2n) is 3.29. The summed E-state index contributed by atoms with van der Waals surface area (Å²) in [6.45, 7) is 0. The normalized spacial score (nSPS) is 10.2. The molecule has 0 aliphatic carbocycles. The van der Waals surface area contributed by atoms with E-state index in [0.717, 1.165) is 13.7 Å². The van der Waals surface area contributed by atoms with Crippen LogP contribution in [0.1, 0.15) is 9.67 Å². The van der Waals surface area contributed by atoms with Crippen LogP contribution >= 0.6 is 49.9 Å². The lowest BCUT2D eigenvalue weighted by molar-refractivity contribution is 0.103. The van der Waals surface area contributed by atoms with Crippen LogP contribution in [-0.2, 0) is 0 Å². The number of hydrogen-bond donors (Lipinski definition) is 2. The molecule has 1 aromatic heterocycles. The first-order valence-corrected chi connectivity index (χ1v) is 7.42. The third-order valence-electron chi connectivity index (χ3n) is 2.08. The maximum Gasteiger partial charge on any atom is 0.267 e. The minimum absolute atomic E-state index is 0.175. The maximum absolute atomic E-state index is 11.9. The molecule has 3 nitrogen and oxygen atoms in total. The molecule has 1 heterocycles. The standard InChI is InChI=1S/C11H8BrIN2OS/c12-7-5-6(1-2-8(7)13)15-11(16)10-9(14)3-4-17-10/h1-5H,14H2,(H,15,16). The smallest absolute Gasteiger partial charge is 0.267 e. The molecule has 0 fully saturated rings. The van der Waals surface area contributed by atoms with Crippen LogP contribution in [0.2, 0.25) is 0 Å². The van der Waals surface area contributed by atoms with E-state index in [1.54, 1.807) is 11.4 Å². The molecule has 0 spiro atoms. The summed E-state index contributed by atoms with van der Waals surface area (Å²) < 4.78 is 2.05. The molecule has 0 unspecified atom stereocenters. The Bertz CT molecular complexity index is 570. The van der Waals surface area contributed by atoms with Crippen molar-refractivity contribution in [2.24, 2.45) is 0 Å². The number of hydrogen-bond acceptors (Lipinski definition) is 3. The summed E-state index contributed by atoms with van der Waals surface area (Å²) in [5.41, 5.74) is 6.94. The fourth-order valence-corrected chi connectivity index (χ4v) is 2.69. The molecule has 2 aromatic rings. The Kier molecular flexibility index (Phi) is 4.05. The van der Waals surface area contributed by atoms with Crippen molar-refractivity contribution in [1.29, 1.82) is 0 Å². The number of carbonyl (C=O) groups is 1. The molecule has 0 bridgehead atoms. The maximum atomic E-state index is 11.9. The van der Waals surface area contributed by atoms with Gasteiger partial charge in [-0.15, -0.1) is 11.3 Å². The Hall–Kier alpha value is -0.600. The number of anilines is 2. The number of nitrogen functional groups attached to an aromatic ring is 1. The van der Waals surface area contributed by atoms with Gasteiger partial charge in [0.1, 0.15) is 4.88 Å². The van der Waals surface area contributed by atoms with Crippen LogP contribution in [0.4, 0.5) is 11.4 Å². The van der Waals surface area contributed by atoms with Gasteiger partial charge >= 0.3 is 0 Å². The lowest BCUT2D eigenvalue weighted by Crippen LogP contribution is -2.11. The number of amides is 1. The summed E-state index contributed by atoms with van der Waals surface area (Å²) in [4.78, 5) is 12.4. The zero-order chi connectivity index (χ0) is 12.4. The average Bonchev–Trinajstić information content (AvgIpc) is 2.70. The molecule has 0 atom stereocenters. The third-order valence-corrected chi connectivity index (χ3v) is 5.35. The minimum atomic E-state index is -0.175. The van der Waals surface area contributed by atoms with Gasteiger partial charge in [0.25, 0.3) is 5.91 Å². The molecule has 3 N–H and O–H groups in total. The van der Waals surface area contributed by atoms with Gasteiger partial charge in [-0.2, -0.15) is 0 Å². The van der Waals surface area contributed by atoms with E-state index in [0.29, 0.717) is 10.6 Å². The van der Waals surface area contributed by atoms with E-state index in [1.807, 2.05) is 18.2 Å². The van der Waals surface area contributed by atoms with Crippen LogP contribution in [0.5, 0.6) is 0 Å². The molecule has 0 saturated carbocycles. The van der Waals surface area contributed by atoms with Crippen molar-refractivity contribution >= 4 is 67.1 Å². The lowest BCUT2D eigenvalue weighted by Gasteiger charge is -2.05. The molecular weight excluding hydrogens is 415 g/mol. The zero-order valence-corrected chi connectivity index (χ0v) is 13.1. The molecule has 1 aromatic carbocycles. The van der Waals surface area contributed by atoms with Crippen molar-refractivity contribution < 1.29 is 4.79 Å². The van der Waals surface area contributed by atoms with Crippen LogP contribution in [-0.4, -0.2) is 5.91 Å². The Labute approximate surface area is 125 Å². The van der Waals surface area contributed by atoms with Crippen LogP contribution in [0, 0.1) is 3.57 Å². The number of benzene rings is 1. The van der Waals surface area contributed by atoms with Crippen LogP contribution < -0.4 is 11.1 Å². The van der Waals surface area contributed by atoms with E-state index in [-0.39, 0.29) is 5.91 Å². The fourth-order valence-electron chi connectivity index (χ4n) is 1.27. The van der Waals surface area contributed by atoms with Crippen LogP contribution in [0.3, 0.4) is 0 Å². The predicted octanol–water partition coefficient (Wildman–Crippen LogP) is 3.95. The number of rotatable bonds is 2. The van der Waals surface area contributed by atoms with Gasteiger partial charge in [0.15, 0.2) is 0 Å². The Morgan fingerprint density at radius 3 is 2.76 bits per heavy atom. The van der Waals surface area contributed by atoms with Crippen molar-refractivity contribution in [3.8, 4) is 0 Å². The molecule has 1 amide bonds.